The minimum Gasteiger partial charge on any atom is -0.497 e. The summed E-state index contributed by atoms with van der Waals surface area (Å²) in [5.74, 6) is 1.55. The molecule has 0 unspecified atom stereocenters. The van der Waals surface area contributed by atoms with Crippen LogP contribution >= 0.6 is 0 Å². The van der Waals surface area contributed by atoms with Gasteiger partial charge in [0.05, 0.1) is 19.1 Å². The number of benzene rings is 1. The van der Waals surface area contributed by atoms with Crippen LogP contribution in [-0.2, 0) is 20.7 Å². The Morgan fingerprint density at radius 1 is 1.28 bits per heavy atom. The SMILES string of the molecule is COc1ccc(CCNC[C@H]2C(=O)O[C@@H]3C[C@@]4(C)CCC[C@H](C)[C@@]45O[C@H]5[C@@H]32)cc1. The highest BCUT2D eigenvalue weighted by atomic mass is 16.6. The van der Waals surface area contributed by atoms with E-state index in [1.807, 2.05) is 12.1 Å². The van der Waals surface area contributed by atoms with Crippen LogP contribution in [0.1, 0.15) is 45.1 Å². The van der Waals surface area contributed by atoms with E-state index in [2.05, 4.69) is 31.3 Å². The Labute approximate surface area is 173 Å². The smallest absolute Gasteiger partial charge is 0.311 e. The van der Waals surface area contributed by atoms with Crippen LogP contribution in [0.3, 0.4) is 0 Å². The lowest BCUT2D eigenvalue weighted by molar-refractivity contribution is -0.146. The summed E-state index contributed by atoms with van der Waals surface area (Å²) < 4.78 is 17.6. The van der Waals surface area contributed by atoms with Gasteiger partial charge >= 0.3 is 5.97 Å². The Morgan fingerprint density at radius 3 is 2.83 bits per heavy atom. The fourth-order valence-electron chi connectivity index (χ4n) is 6.75. The van der Waals surface area contributed by atoms with Crippen molar-refractivity contribution in [2.45, 2.75) is 63.8 Å². The van der Waals surface area contributed by atoms with E-state index < -0.39 is 0 Å². The number of carbonyl (C=O) groups excluding carboxylic acids is 1. The normalized spacial score (nSPS) is 42.4. The third kappa shape index (κ3) is 2.92. The van der Waals surface area contributed by atoms with Gasteiger partial charge in [-0.25, -0.2) is 0 Å². The van der Waals surface area contributed by atoms with Gasteiger partial charge in [0, 0.05) is 17.9 Å². The van der Waals surface area contributed by atoms with E-state index >= 15 is 0 Å². The lowest BCUT2D eigenvalue weighted by Gasteiger charge is -2.48. The molecule has 0 aromatic heterocycles. The molecule has 29 heavy (non-hydrogen) atoms. The molecular weight excluding hydrogens is 366 g/mol. The van der Waals surface area contributed by atoms with Gasteiger partial charge in [-0.1, -0.05) is 32.4 Å². The van der Waals surface area contributed by atoms with Crippen LogP contribution in [0.4, 0.5) is 0 Å². The predicted octanol–water partition coefficient (Wildman–Crippen LogP) is 3.35. The number of fused-ring (bicyclic) bond motifs is 2. The first kappa shape index (κ1) is 19.4. The van der Waals surface area contributed by atoms with E-state index in [0.29, 0.717) is 12.5 Å². The van der Waals surface area contributed by atoms with Crippen molar-refractivity contribution in [2.24, 2.45) is 23.2 Å². The zero-order valence-electron chi connectivity index (χ0n) is 17.8. The highest BCUT2D eigenvalue weighted by Gasteiger charge is 2.78. The highest BCUT2D eigenvalue weighted by molar-refractivity contribution is 5.76. The molecule has 2 saturated carbocycles. The van der Waals surface area contributed by atoms with Crippen LogP contribution in [0.25, 0.3) is 0 Å². The van der Waals surface area contributed by atoms with Crippen molar-refractivity contribution < 1.29 is 19.0 Å². The van der Waals surface area contributed by atoms with Crippen molar-refractivity contribution in [1.82, 2.24) is 5.32 Å². The standard InChI is InChI=1S/C24H33NO4/c1-15-5-4-11-23(2)13-19-20(21-24(15,23)29-21)18(22(26)28-19)14-25-12-10-16-6-8-17(27-3)9-7-16/h6-9,15,18-21,25H,4-5,10-14H2,1-3H3/t15-,18+,19+,20+,21-,23+,24-/m0/s1. The molecule has 0 radical (unpaired) electrons. The molecule has 4 aliphatic rings. The van der Waals surface area contributed by atoms with Gasteiger partial charge in [0.25, 0.3) is 0 Å². The van der Waals surface area contributed by atoms with Gasteiger partial charge in [0.1, 0.15) is 17.5 Å². The van der Waals surface area contributed by atoms with Crippen LogP contribution in [-0.4, -0.2) is 44.0 Å². The Kier molecular flexibility index (Phi) is 4.67. The van der Waals surface area contributed by atoms with Gasteiger partial charge in [-0.2, -0.15) is 0 Å². The zero-order chi connectivity index (χ0) is 20.2. The molecule has 1 spiro atoms. The highest BCUT2D eigenvalue weighted by Crippen LogP contribution is 2.70. The quantitative estimate of drug-likeness (QED) is 0.452. The van der Waals surface area contributed by atoms with E-state index in [1.165, 1.54) is 24.8 Å². The third-order valence-electron chi connectivity index (χ3n) is 8.31. The number of carbonyl (C=O) groups is 1. The van der Waals surface area contributed by atoms with Crippen molar-refractivity contribution in [1.29, 1.82) is 0 Å². The second kappa shape index (κ2) is 6.98. The zero-order valence-corrected chi connectivity index (χ0v) is 17.8. The summed E-state index contributed by atoms with van der Waals surface area (Å²) in [6, 6.07) is 8.16. The maximum atomic E-state index is 12.7. The molecule has 1 aromatic rings. The summed E-state index contributed by atoms with van der Waals surface area (Å²) in [7, 11) is 1.68. The van der Waals surface area contributed by atoms with E-state index in [9.17, 15) is 4.79 Å². The summed E-state index contributed by atoms with van der Waals surface area (Å²) in [4.78, 5) is 12.7. The van der Waals surface area contributed by atoms with Gasteiger partial charge in [0.15, 0.2) is 0 Å². The number of esters is 1. The van der Waals surface area contributed by atoms with Crippen molar-refractivity contribution in [3.8, 4) is 5.75 Å². The van der Waals surface area contributed by atoms with E-state index in [1.54, 1.807) is 7.11 Å². The largest absolute Gasteiger partial charge is 0.497 e. The van der Waals surface area contributed by atoms with E-state index in [-0.39, 0.29) is 41.0 Å². The fourth-order valence-corrected chi connectivity index (χ4v) is 6.75. The maximum Gasteiger partial charge on any atom is 0.311 e. The van der Waals surface area contributed by atoms with Gasteiger partial charge in [-0.15, -0.1) is 0 Å². The van der Waals surface area contributed by atoms with Crippen LogP contribution in [0, 0.1) is 23.2 Å². The van der Waals surface area contributed by atoms with Crippen molar-refractivity contribution >= 4 is 5.97 Å². The number of hydrogen-bond donors (Lipinski definition) is 1. The van der Waals surface area contributed by atoms with Crippen molar-refractivity contribution in [3.05, 3.63) is 29.8 Å². The summed E-state index contributed by atoms with van der Waals surface area (Å²) in [5, 5.41) is 3.51. The van der Waals surface area contributed by atoms with Gasteiger partial charge in [0.2, 0.25) is 0 Å². The minimum atomic E-state index is -0.0843. The van der Waals surface area contributed by atoms with Crippen LogP contribution in [0.15, 0.2) is 24.3 Å². The summed E-state index contributed by atoms with van der Waals surface area (Å²) >= 11 is 0. The van der Waals surface area contributed by atoms with E-state index in [4.69, 9.17) is 14.2 Å². The number of methoxy groups -OCH3 is 1. The molecule has 158 valence electrons. The molecule has 5 rings (SSSR count). The van der Waals surface area contributed by atoms with Gasteiger partial charge < -0.3 is 19.5 Å². The first-order valence-corrected chi connectivity index (χ1v) is 11.2. The number of rotatable bonds is 6. The number of hydrogen-bond acceptors (Lipinski definition) is 5. The molecule has 1 N–H and O–H groups in total. The van der Waals surface area contributed by atoms with Crippen LogP contribution < -0.4 is 10.1 Å². The Bertz CT molecular complexity index is 780. The van der Waals surface area contributed by atoms with Crippen molar-refractivity contribution in [3.63, 3.8) is 0 Å². The summed E-state index contributed by atoms with van der Waals surface area (Å²) in [6.45, 7) is 6.24. The molecule has 2 saturated heterocycles. The van der Waals surface area contributed by atoms with Crippen LogP contribution in [0.5, 0.6) is 5.75 Å². The van der Waals surface area contributed by atoms with Gasteiger partial charge in [-0.05, 0) is 55.8 Å². The molecule has 0 bridgehead atoms. The monoisotopic (exact) mass is 399 g/mol. The molecule has 5 heteroatoms. The molecule has 1 aromatic carbocycles. The molecule has 4 fully saturated rings. The molecule has 2 heterocycles. The number of nitrogens with one attached hydrogen (secondary N) is 1. The van der Waals surface area contributed by atoms with E-state index in [0.717, 1.165) is 25.1 Å². The third-order valence-corrected chi connectivity index (χ3v) is 8.31. The Hall–Kier alpha value is -1.59. The molecular formula is C24H33NO4. The lowest BCUT2D eigenvalue weighted by atomic mass is 9.53. The van der Waals surface area contributed by atoms with Crippen LogP contribution in [0.2, 0.25) is 0 Å². The maximum absolute atomic E-state index is 12.7. The number of epoxide rings is 1. The topological polar surface area (TPSA) is 60.1 Å². The molecule has 2 aliphatic carbocycles. The predicted molar refractivity (Wildman–Crippen MR) is 110 cm³/mol. The molecule has 0 amide bonds. The first-order valence-electron chi connectivity index (χ1n) is 11.2. The lowest BCUT2D eigenvalue weighted by Crippen LogP contribution is -2.54. The second-order valence-corrected chi connectivity index (χ2v) is 9.85. The first-order chi connectivity index (χ1) is 14.0. The molecule has 5 nitrogen and oxygen atoms in total. The Balaban J connectivity index is 1.21. The molecule has 2 aliphatic heterocycles. The number of ether oxygens (including phenoxy) is 3. The Morgan fingerprint density at radius 2 is 2.07 bits per heavy atom. The average molecular weight is 400 g/mol. The minimum absolute atomic E-state index is 0.0122. The summed E-state index contributed by atoms with van der Waals surface area (Å²) in [5.41, 5.74) is 1.41. The molecule has 7 atom stereocenters. The average Bonchev–Trinajstić information content (AvgIpc) is 3.39. The van der Waals surface area contributed by atoms with Gasteiger partial charge in [-0.3, -0.25) is 4.79 Å². The second-order valence-electron chi connectivity index (χ2n) is 9.85. The fraction of sp³-hybridized carbons (Fsp3) is 0.708. The van der Waals surface area contributed by atoms with Crippen molar-refractivity contribution in [2.75, 3.05) is 20.2 Å². The summed E-state index contributed by atoms with van der Waals surface area (Å²) in [6.07, 6.45) is 5.82.